The molecule has 0 unspecified atom stereocenters. The molecule has 3 amide bonds. The molecule has 3 aromatic heterocycles. The summed E-state index contributed by atoms with van der Waals surface area (Å²) in [5.41, 5.74) is -2.63. The third-order valence-corrected chi connectivity index (χ3v) is 12.0. The van der Waals surface area contributed by atoms with Gasteiger partial charge in [0, 0.05) is 25.1 Å². The van der Waals surface area contributed by atoms with Crippen LogP contribution in [0.1, 0.15) is 82.6 Å². The number of nitrogens with zero attached hydrogens (tertiary/aromatic N) is 7. The van der Waals surface area contributed by atoms with Gasteiger partial charge in [-0.15, -0.1) is 0 Å². The molecule has 2 saturated heterocycles. The van der Waals surface area contributed by atoms with Gasteiger partial charge in [-0.05, 0) is 99.8 Å². The highest BCUT2D eigenvalue weighted by atomic mass is 32.1. The number of aryl methyl sites for hydroxylation is 1. The van der Waals surface area contributed by atoms with Gasteiger partial charge >= 0.3 is 6.18 Å². The first-order chi connectivity index (χ1) is 32.1. The summed E-state index contributed by atoms with van der Waals surface area (Å²) < 4.78 is 73.7. The van der Waals surface area contributed by atoms with Crippen molar-refractivity contribution >= 4 is 46.4 Å². The lowest BCUT2D eigenvalue weighted by molar-refractivity contribution is -0.141. The van der Waals surface area contributed by atoms with Gasteiger partial charge in [-0.2, -0.15) is 18.4 Å². The van der Waals surface area contributed by atoms with E-state index in [9.17, 15) is 37.9 Å². The number of oxazole rings is 1. The van der Waals surface area contributed by atoms with Crippen LogP contribution in [0.2, 0.25) is 0 Å². The topological polar surface area (TPSA) is 203 Å². The minimum absolute atomic E-state index is 0.0793. The van der Waals surface area contributed by atoms with Crippen molar-refractivity contribution in [2.75, 3.05) is 36.2 Å². The number of aliphatic hydroxyl groups is 1. The molecule has 2 aromatic carbocycles. The van der Waals surface area contributed by atoms with Crippen molar-refractivity contribution in [3.05, 3.63) is 95.8 Å². The smallest absolute Gasteiger partial charge is 0.420 e. The fourth-order valence-corrected chi connectivity index (χ4v) is 8.65. The van der Waals surface area contributed by atoms with E-state index in [0.717, 1.165) is 17.7 Å². The molecule has 5 heterocycles. The van der Waals surface area contributed by atoms with Crippen LogP contribution in [0.25, 0.3) is 22.7 Å². The molecule has 358 valence electrons. The maximum Gasteiger partial charge on any atom is 0.420 e. The van der Waals surface area contributed by atoms with Gasteiger partial charge < -0.3 is 39.1 Å². The quantitative estimate of drug-likeness (QED) is 0.0532. The van der Waals surface area contributed by atoms with Crippen LogP contribution in [0.4, 0.5) is 28.9 Å². The van der Waals surface area contributed by atoms with Crippen molar-refractivity contribution < 1.29 is 50.9 Å². The van der Waals surface area contributed by atoms with E-state index >= 15 is 4.39 Å². The number of carbonyl (C=O) groups excluding carboxylic acids is 3. The lowest BCUT2D eigenvalue weighted by Crippen LogP contribution is -2.55. The molecule has 0 radical (unpaired) electrons. The summed E-state index contributed by atoms with van der Waals surface area (Å²) in [6, 6.07) is 12.1. The van der Waals surface area contributed by atoms with Gasteiger partial charge in [-0.25, -0.2) is 14.4 Å². The number of anilines is 2. The molecule has 16 nitrogen and oxygen atoms in total. The molecule has 68 heavy (non-hydrogen) atoms. The Labute approximate surface area is 394 Å². The van der Waals surface area contributed by atoms with E-state index in [-0.39, 0.29) is 37.2 Å². The Morgan fingerprint density at radius 2 is 1.78 bits per heavy atom. The number of hydrogen-bond donors (Lipinski definition) is 3. The average Bonchev–Trinajstić information content (AvgIpc) is 4.07. The summed E-state index contributed by atoms with van der Waals surface area (Å²) >= 11 is 5.53. The minimum Gasteiger partial charge on any atom is -0.494 e. The molecule has 21 heteroatoms. The number of halogens is 4. The Morgan fingerprint density at radius 3 is 2.41 bits per heavy atom. The largest absolute Gasteiger partial charge is 0.494 e. The molecular weight excluding hydrogens is 911 g/mol. The van der Waals surface area contributed by atoms with Crippen molar-refractivity contribution in [2.24, 2.45) is 5.41 Å². The van der Waals surface area contributed by atoms with Gasteiger partial charge in [0.15, 0.2) is 23.1 Å². The number of pyridine rings is 1. The van der Waals surface area contributed by atoms with Gasteiger partial charge in [-0.1, -0.05) is 20.8 Å². The molecule has 2 fully saturated rings. The predicted octanol–water partition coefficient (Wildman–Crippen LogP) is 7.42. The average molecular weight is 960 g/mol. The van der Waals surface area contributed by atoms with Crippen molar-refractivity contribution in [3.63, 3.8) is 0 Å². The number of ether oxygens (including phenoxy) is 2. The van der Waals surface area contributed by atoms with Crippen molar-refractivity contribution in [1.82, 2.24) is 30.2 Å². The molecule has 3 N–H and O–H groups in total. The van der Waals surface area contributed by atoms with Gasteiger partial charge in [0.05, 0.1) is 65.5 Å². The van der Waals surface area contributed by atoms with E-state index in [1.54, 1.807) is 54.4 Å². The molecule has 0 saturated carbocycles. The number of aliphatic hydroxyl groups excluding tert-OH is 1. The number of imidazole rings is 1. The molecule has 5 aromatic rings. The lowest BCUT2D eigenvalue weighted by atomic mass is 9.85. The molecule has 2 aliphatic heterocycles. The van der Waals surface area contributed by atoms with E-state index in [2.05, 4.69) is 25.3 Å². The molecular formula is C47H49F4N9O7S. The first kappa shape index (κ1) is 49.2. The second-order valence-corrected chi connectivity index (χ2v) is 18.4. The maximum atomic E-state index is 15.4. The monoisotopic (exact) mass is 959 g/mol. The van der Waals surface area contributed by atoms with E-state index < -0.39 is 69.8 Å². The highest BCUT2D eigenvalue weighted by Crippen LogP contribution is 2.42. The molecule has 2 aliphatic rings. The summed E-state index contributed by atoms with van der Waals surface area (Å²) in [6.07, 6.45) is -0.110. The lowest BCUT2D eigenvalue weighted by Gasteiger charge is -2.35. The van der Waals surface area contributed by atoms with E-state index in [1.807, 2.05) is 20.8 Å². The Hall–Kier alpha value is -6.76. The van der Waals surface area contributed by atoms with E-state index in [1.165, 1.54) is 37.4 Å². The number of carbonyl (C=O) groups is 3. The summed E-state index contributed by atoms with van der Waals surface area (Å²) in [7, 11) is 0. The zero-order chi connectivity index (χ0) is 49.3. The van der Waals surface area contributed by atoms with Crippen LogP contribution < -0.4 is 19.9 Å². The van der Waals surface area contributed by atoms with E-state index in [0.29, 0.717) is 64.5 Å². The number of hydrogen-bond acceptors (Lipinski definition) is 12. The first-order valence-electron chi connectivity index (χ1n) is 21.6. The molecule has 0 aliphatic carbocycles. The van der Waals surface area contributed by atoms with E-state index in [4.69, 9.17) is 26.1 Å². The zero-order valence-corrected chi connectivity index (χ0v) is 38.8. The number of nitriles is 1. The number of thiocarbonyl (C=S) groups is 1. The molecule has 3 atom stereocenters. The number of unbranched alkanes of at least 4 members (excludes halogenated alkanes) is 1. The molecule has 0 bridgehead atoms. The number of rotatable bonds is 15. The van der Waals surface area contributed by atoms with Gasteiger partial charge in [0.2, 0.25) is 11.8 Å². The summed E-state index contributed by atoms with van der Waals surface area (Å²) in [5.74, 6) is -1.75. The van der Waals surface area contributed by atoms with Crippen LogP contribution in [-0.4, -0.2) is 96.8 Å². The van der Waals surface area contributed by atoms with Gasteiger partial charge in [-0.3, -0.25) is 24.3 Å². The summed E-state index contributed by atoms with van der Waals surface area (Å²) in [4.78, 5) is 60.6. The summed E-state index contributed by atoms with van der Waals surface area (Å²) in [6.45, 7) is 10.8. The fourth-order valence-electron chi connectivity index (χ4n) is 8.14. The second kappa shape index (κ2) is 19.5. The number of aromatic nitrogens is 4. The Balaban J connectivity index is 0.869. The van der Waals surface area contributed by atoms with Crippen LogP contribution >= 0.6 is 12.2 Å². The molecule has 7 rings (SSSR count). The third-order valence-electron chi connectivity index (χ3n) is 11.7. The normalized spacial score (nSPS) is 17.7. The molecule has 0 spiro atoms. The van der Waals surface area contributed by atoms with Crippen molar-refractivity contribution in [2.45, 2.75) is 90.7 Å². The zero-order valence-electron chi connectivity index (χ0n) is 38.0. The SMILES string of the molecule is Cc1ncoc1-c1cnc([C@@H]2C[C@@H](O)CN2C(=O)[C@@H](NC(=O)COCCCCOc2ccc(-c3ccc(N4C(=S)N(c5ccc(C#N)c(C(F)(F)F)c5F)C(=O)C4(C)C)cn3)cc2)C(C)(C)C)[nH]1. The number of amides is 3. The Bertz CT molecular complexity index is 2730. The highest BCUT2D eigenvalue weighted by molar-refractivity contribution is 7.81. The maximum absolute atomic E-state index is 15.4. The van der Waals surface area contributed by atoms with Crippen molar-refractivity contribution in [3.8, 4) is 34.5 Å². The Kier molecular flexibility index (Phi) is 14.1. The standard InChI is InChI=1S/C47H49F4N9O7S/c1-26-39(67-25-55-26)33-22-54-41(56-33)35-19-30(61)23-58(35)42(63)40(45(2,3)4)57-36(62)24-65-17-7-8-18-66-31-13-9-27(10-14-31)32-15-12-29(21-53-32)60-44(68)59(43(64)46(60,5)6)34-16-11-28(20-52)37(38(34)48)47(49,50)51/h9-16,21-22,25,30,35,40,61H,7-8,17-19,23-24H2,1-6H3,(H,54,56)(H,57,62)/t30-,35+,40-/m1/s1. The number of likely N-dealkylation sites (tertiary alicyclic amines) is 1. The number of alkyl halides is 3. The van der Waals surface area contributed by atoms with Crippen LogP contribution in [0.5, 0.6) is 5.75 Å². The van der Waals surface area contributed by atoms with Crippen LogP contribution in [0.15, 0.2) is 71.7 Å². The number of benzene rings is 2. The van der Waals surface area contributed by atoms with Crippen LogP contribution in [0, 0.1) is 29.5 Å². The Morgan fingerprint density at radius 1 is 1.06 bits per heavy atom. The van der Waals surface area contributed by atoms with Gasteiger partial charge in [0.1, 0.15) is 41.0 Å². The minimum atomic E-state index is -5.20. The predicted molar refractivity (Wildman–Crippen MR) is 243 cm³/mol. The van der Waals surface area contributed by atoms with Crippen LogP contribution in [-0.2, 0) is 25.3 Å². The van der Waals surface area contributed by atoms with Crippen LogP contribution in [0.3, 0.4) is 0 Å². The second-order valence-electron chi connectivity index (χ2n) is 18.0. The number of aromatic amines is 1. The number of β-amino-alcohol motifs (C(OH)–C–C–N with tert-alkyl or cyclic N) is 1. The fraction of sp³-hybridized carbons (Fsp3) is 0.404. The van der Waals surface area contributed by atoms with Crippen molar-refractivity contribution in [1.29, 1.82) is 5.26 Å². The highest BCUT2D eigenvalue weighted by Gasteiger charge is 2.52. The number of H-pyrrole nitrogens is 1. The first-order valence-corrected chi connectivity index (χ1v) is 22.0. The third kappa shape index (κ3) is 10.1. The van der Waals surface area contributed by atoms with Gasteiger partial charge in [0.25, 0.3) is 5.91 Å². The summed E-state index contributed by atoms with van der Waals surface area (Å²) in [5, 5.41) is 22.4. The number of nitrogens with one attached hydrogen (secondary N) is 2.